The molecule has 6 heteroatoms. The SMILES string of the molecule is O=C(c1cn(C2CCCN(C3CCCCCC3)C2)nn1)N1CCCCC1. The number of carbonyl (C=O) groups is 1. The maximum Gasteiger partial charge on any atom is 0.276 e. The van der Waals surface area contributed by atoms with Crippen molar-refractivity contribution in [2.45, 2.75) is 82.7 Å². The number of nitrogens with zero attached hydrogens (tertiary/aromatic N) is 5. The number of carbonyl (C=O) groups excluding carboxylic acids is 1. The number of rotatable bonds is 3. The van der Waals surface area contributed by atoms with Gasteiger partial charge in [-0.15, -0.1) is 5.10 Å². The molecule has 144 valence electrons. The zero-order valence-electron chi connectivity index (χ0n) is 16.0. The zero-order chi connectivity index (χ0) is 17.8. The van der Waals surface area contributed by atoms with Gasteiger partial charge in [-0.1, -0.05) is 30.9 Å². The standard InChI is InChI=1S/C20H33N5O/c26-20(23-12-6-3-7-13-23)19-16-25(22-21-19)18-11-8-14-24(15-18)17-9-4-1-2-5-10-17/h16-18H,1-15H2. The Kier molecular flexibility index (Phi) is 5.88. The van der Waals surface area contributed by atoms with Gasteiger partial charge in [0.25, 0.3) is 5.91 Å². The Morgan fingerprint density at radius 1 is 0.846 bits per heavy atom. The summed E-state index contributed by atoms with van der Waals surface area (Å²) in [6.45, 7) is 4.01. The van der Waals surface area contributed by atoms with Crippen LogP contribution in [-0.4, -0.2) is 62.9 Å². The van der Waals surface area contributed by atoms with Crippen molar-refractivity contribution in [1.29, 1.82) is 0 Å². The summed E-state index contributed by atoms with van der Waals surface area (Å²) in [6.07, 6.45) is 16.0. The fraction of sp³-hybridized carbons (Fsp3) is 0.850. The average molecular weight is 360 g/mol. The molecule has 3 fully saturated rings. The van der Waals surface area contributed by atoms with E-state index in [1.54, 1.807) is 0 Å². The molecule has 3 heterocycles. The molecule has 0 bridgehead atoms. The molecule has 4 rings (SSSR count). The first-order chi connectivity index (χ1) is 12.8. The van der Waals surface area contributed by atoms with Gasteiger partial charge in [-0.3, -0.25) is 9.69 Å². The van der Waals surface area contributed by atoms with E-state index in [0.29, 0.717) is 11.7 Å². The van der Waals surface area contributed by atoms with E-state index in [0.717, 1.165) is 44.9 Å². The zero-order valence-corrected chi connectivity index (χ0v) is 16.0. The van der Waals surface area contributed by atoms with Gasteiger partial charge in [-0.05, 0) is 51.5 Å². The van der Waals surface area contributed by atoms with Gasteiger partial charge in [0.2, 0.25) is 0 Å². The summed E-state index contributed by atoms with van der Waals surface area (Å²) < 4.78 is 1.97. The van der Waals surface area contributed by atoms with Gasteiger partial charge in [-0.2, -0.15) is 0 Å². The van der Waals surface area contributed by atoms with Crippen molar-refractivity contribution in [3.8, 4) is 0 Å². The molecule has 1 amide bonds. The van der Waals surface area contributed by atoms with Gasteiger partial charge in [0.05, 0.1) is 12.2 Å². The molecular formula is C20H33N5O. The molecule has 1 aliphatic carbocycles. The van der Waals surface area contributed by atoms with E-state index in [2.05, 4.69) is 15.2 Å². The normalized spacial score (nSPS) is 26.6. The molecule has 1 atom stereocenters. The van der Waals surface area contributed by atoms with Crippen LogP contribution >= 0.6 is 0 Å². The molecule has 6 nitrogen and oxygen atoms in total. The van der Waals surface area contributed by atoms with Gasteiger partial charge >= 0.3 is 0 Å². The highest BCUT2D eigenvalue weighted by Gasteiger charge is 2.29. The summed E-state index contributed by atoms with van der Waals surface area (Å²) in [5, 5.41) is 8.57. The Balaban J connectivity index is 1.39. The van der Waals surface area contributed by atoms with E-state index >= 15 is 0 Å². The summed E-state index contributed by atoms with van der Waals surface area (Å²) in [7, 11) is 0. The fourth-order valence-electron chi connectivity index (χ4n) is 4.97. The molecule has 0 radical (unpaired) electrons. The summed E-state index contributed by atoms with van der Waals surface area (Å²) >= 11 is 0. The number of likely N-dealkylation sites (tertiary alicyclic amines) is 2. The monoisotopic (exact) mass is 359 g/mol. The first-order valence-corrected chi connectivity index (χ1v) is 10.8. The van der Waals surface area contributed by atoms with Crippen LogP contribution in [0.1, 0.15) is 87.2 Å². The minimum absolute atomic E-state index is 0.0624. The lowest BCUT2D eigenvalue weighted by Gasteiger charge is -2.38. The van der Waals surface area contributed by atoms with Crippen molar-refractivity contribution >= 4 is 5.91 Å². The predicted molar refractivity (Wildman–Crippen MR) is 101 cm³/mol. The van der Waals surface area contributed by atoms with Crippen LogP contribution < -0.4 is 0 Å². The van der Waals surface area contributed by atoms with E-state index < -0.39 is 0 Å². The second-order valence-electron chi connectivity index (χ2n) is 8.37. The Morgan fingerprint density at radius 2 is 1.54 bits per heavy atom. The van der Waals surface area contributed by atoms with Crippen LogP contribution in [0, 0.1) is 0 Å². The van der Waals surface area contributed by atoms with Crippen LogP contribution in [0.25, 0.3) is 0 Å². The second kappa shape index (κ2) is 8.51. The van der Waals surface area contributed by atoms with Crippen molar-refractivity contribution in [3.05, 3.63) is 11.9 Å². The lowest BCUT2D eigenvalue weighted by Crippen LogP contribution is -2.43. The van der Waals surface area contributed by atoms with Crippen LogP contribution in [0.15, 0.2) is 6.20 Å². The quantitative estimate of drug-likeness (QED) is 0.777. The number of hydrogen-bond acceptors (Lipinski definition) is 4. The maximum atomic E-state index is 12.6. The molecule has 1 aromatic rings. The molecule has 1 aromatic heterocycles. The van der Waals surface area contributed by atoms with Gasteiger partial charge < -0.3 is 4.90 Å². The summed E-state index contributed by atoms with van der Waals surface area (Å²) in [6, 6.07) is 1.11. The largest absolute Gasteiger partial charge is 0.337 e. The molecule has 3 aliphatic rings. The molecular weight excluding hydrogens is 326 g/mol. The van der Waals surface area contributed by atoms with E-state index in [1.165, 1.54) is 57.9 Å². The number of amides is 1. The lowest BCUT2D eigenvalue weighted by atomic mass is 10.00. The van der Waals surface area contributed by atoms with Crippen molar-refractivity contribution < 1.29 is 4.79 Å². The Hall–Kier alpha value is -1.43. The van der Waals surface area contributed by atoms with Crippen LogP contribution in [0.4, 0.5) is 0 Å². The Labute approximate surface area is 156 Å². The average Bonchev–Trinajstić information content (AvgIpc) is 3.04. The van der Waals surface area contributed by atoms with E-state index in [9.17, 15) is 4.79 Å². The summed E-state index contributed by atoms with van der Waals surface area (Å²) in [5.74, 6) is 0.0624. The van der Waals surface area contributed by atoms with Gasteiger partial charge in [0.15, 0.2) is 5.69 Å². The van der Waals surface area contributed by atoms with Crippen LogP contribution in [0.3, 0.4) is 0 Å². The fourth-order valence-corrected chi connectivity index (χ4v) is 4.97. The van der Waals surface area contributed by atoms with Gasteiger partial charge in [0, 0.05) is 25.7 Å². The van der Waals surface area contributed by atoms with Crippen molar-refractivity contribution in [3.63, 3.8) is 0 Å². The first-order valence-electron chi connectivity index (χ1n) is 10.8. The number of aromatic nitrogens is 3. The van der Waals surface area contributed by atoms with Crippen LogP contribution in [-0.2, 0) is 0 Å². The number of piperidine rings is 2. The minimum Gasteiger partial charge on any atom is -0.337 e. The Morgan fingerprint density at radius 3 is 2.31 bits per heavy atom. The van der Waals surface area contributed by atoms with Crippen molar-refractivity contribution in [2.24, 2.45) is 0 Å². The summed E-state index contributed by atoms with van der Waals surface area (Å²) in [5.41, 5.74) is 0.526. The highest BCUT2D eigenvalue weighted by Crippen LogP contribution is 2.28. The van der Waals surface area contributed by atoms with Crippen LogP contribution in [0.2, 0.25) is 0 Å². The van der Waals surface area contributed by atoms with E-state index in [-0.39, 0.29) is 5.91 Å². The molecule has 0 aromatic carbocycles. The lowest BCUT2D eigenvalue weighted by molar-refractivity contribution is 0.0718. The third-order valence-electron chi connectivity index (χ3n) is 6.52. The Bertz CT molecular complexity index is 587. The van der Waals surface area contributed by atoms with Gasteiger partial charge in [-0.25, -0.2) is 4.68 Å². The summed E-state index contributed by atoms with van der Waals surface area (Å²) in [4.78, 5) is 17.3. The third-order valence-corrected chi connectivity index (χ3v) is 6.52. The molecule has 0 spiro atoms. The second-order valence-corrected chi connectivity index (χ2v) is 8.37. The van der Waals surface area contributed by atoms with E-state index in [1.807, 2.05) is 15.8 Å². The highest BCUT2D eigenvalue weighted by molar-refractivity contribution is 5.91. The molecule has 0 N–H and O–H groups in total. The minimum atomic E-state index is 0.0624. The molecule has 2 saturated heterocycles. The van der Waals surface area contributed by atoms with Crippen molar-refractivity contribution in [2.75, 3.05) is 26.2 Å². The first kappa shape index (κ1) is 18.0. The molecule has 1 unspecified atom stereocenters. The predicted octanol–water partition coefficient (Wildman–Crippen LogP) is 3.26. The van der Waals surface area contributed by atoms with Crippen molar-refractivity contribution in [1.82, 2.24) is 24.8 Å². The van der Waals surface area contributed by atoms with E-state index in [4.69, 9.17) is 0 Å². The van der Waals surface area contributed by atoms with Gasteiger partial charge in [0.1, 0.15) is 0 Å². The maximum absolute atomic E-state index is 12.6. The molecule has 2 aliphatic heterocycles. The molecule has 26 heavy (non-hydrogen) atoms. The highest BCUT2D eigenvalue weighted by atomic mass is 16.2. The number of hydrogen-bond donors (Lipinski definition) is 0. The molecule has 1 saturated carbocycles. The topological polar surface area (TPSA) is 54.3 Å². The van der Waals surface area contributed by atoms with Crippen LogP contribution in [0.5, 0.6) is 0 Å². The smallest absolute Gasteiger partial charge is 0.276 e. The third kappa shape index (κ3) is 4.11.